The fraction of sp³-hybridized carbons (Fsp3) is 0.235. The van der Waals surface area contributed by atoms with Crippen molar-refractivity contribution >= 4 is 29.2 Å². The van der Waals surface area contributed by atoms with Gasteiger partial charge in [0.25, 0.3) is 0 Å². The summed E-state index contributed by atoms with van der Waals surface area (Å²) in [7, 11) is 1.22. The van der Waals surface area contributed by atoms with Crippen LogP contribution in [0.25, 0.3) is 0 Å². The second-order valence-corrected chi connectivity index (χ2v) is 5.61. The van der Waals surface area contributed by atoms with Crippen LogP contribution < -0.4 is 0 Å². The largest absolute Gasteiger partial charge is 0.467 e. The number of rotatable bonds is 4. The van der Waals surface area contributed by atoms with Gasteiger partial charge in [-0.05, 0) is 35.4 Å². The van der Waals surface area contributed by atoms with Crippen LogP contribution in [0.2, 0.25) is 10.0 Å². The minimum atomic E-state index is -1.26. The maximum absolute atomic E-state index is 10.9. The van der Waals surface area contributed by atoms with Gasteiger partial charge in [0.15, 0.2) is 6.10 Å². The van der Waals surface area contributed by atoms with Gasteiger partial charge in [0.1, 0.15) is 6.10 Å². The zero-order chi connectivity index (χ0) is 18.1. The summed E-state index contributed by atoms with van der Waals surface area (Å²) in [6, 6.07) is 13.2. The molecule has 0 fully saturated rings. The van der Waals surface area contributed by atoms with Gasteiger partial charge in [-0.15, -0.1) is 0 Å². The lowest BCUT2D eigenvalue weighted by Crippen LogP contribution is -2.13. The molecule has 0 bridgehead atoms. The summed E-state index contributed by atoms with van der Waals surface area (Å²) in [5, 5.41) is 28.1. The zero-order valence-corrected chi connectivity index (χ0v) is 14.4. The molecule has 3 N–H and O–H groups in total. The third-order valence-corrected chi connectivity index (χ3v) is 3.47. The van der Waals surface area contributed by atoms with Crippen molar-refractivity contribution in [1.29, 1.82) is 0 Å². The lowest BCUT2D eigenvalue weighted by Gasteiger charge is -2.07. The number of benzene rings is 2. The van der Waals surface area contributed by atoms with Crippen LogP contribution in [0.3, 0.4) is 0 Å². The minimum absolute atomic E-state index is 0.277. The molecular weight excluding hydrogens is 355 g/mol. The average Bonchev–Trinajstić information content (AvgIpc) is 2.60. The molecule has 2 atom stereocenters. The van der Waals surface area contributed by atoms with Crippen LogP contribution >= 0.6 is 23.2 Å². The van der Waals surface area contributed by atoms with Gasteiger partial charge in [0.05, 0.1) is 13.7 Å². The molecule has 7 heteroatoms. The van der Waals surface area contributed by atoms with Crippen LogP contribution in [-0.2, 0) is 9.53 Å². The number of carbonyl (C=O) groups excluding carboxylic acids is 1. The third kappa shape index (κ3) is 6.47. The summed E-state index contributed by atoms with van der Waals surface area (Å²) in [6.07, 6.45) is -2.09. The highest BCUT2D eigenvalue weighted by atomic mass is 35.5. The summed E-state index contributed by atoms with van der Waals surface area (Å²) in [5.41, 5.74) is 1.07. The van der Waals surface area contributed by atoms with Crippen LogP contribution in [0, 0.1) is 0 Å². The standard InChI is InChI=1S/C9H9ClO3.C8H9ClO2/c1-13-9(12)8(11)6-3-2-4-7(10)5-6;9-7-3-1-2-6(4-7)8(11)5-10/h2-5,8,11H,1H3;1-4,8,10-11H,5H2/t2*8-/m10/s1. The molecule has 0 aliphatic carbocycles. The quantitative estimate of drug-likeness (QED) is 0.718. The molecule has 0 saturated carbocycles. The second-order valence-electron chi connectivity index (χ2n) is 4.73. The summed E-state index contributed by atoms with van der Waals surface area (Å²) in [5.74, 6) is -0.692. The predicted molar refractivity (Wildman–Crippen MR) is 91.9 cm³/mol. The first-order chi connectivity index (χ1) is 11.4. The van der Waals surface area contributed by atoms with Gasteiger partial charge in [-0.3, -0.25) is 0 Å². The second kappa shape index (κ2) is 10.3. The van der Waals surface area contributed by atoms with E-state index in [2.05, 4.69) is 4.74 Å². The molecular formula is C17H18Cl2O5. The van der Waals surface area contributed by atoms with Crippen molar-refractivity contribution in [2.45, 2.75) is 12.2 Å². The Hall–Kier alpha value is -1.63. The Morgan fingerprint density at radius 1 is 1.04 bits per heavy atom. The van der Waals surface area contributed by atoms with Gasteiger partial charge in [0, 0.05) is 10.0 Å². The number of aliphatic hydroxyl groups excluding tert-OH is 3. The minimum Gasteiger partial charge on any atom is -0.467 e. The van der Waals surface area contributed by atoms with Crippen molar-refractivity contribution in [2.75, 3.05) is 13.7 Å². The number of halogens is 2. The van der Waals surface area contributed by atoms with Crippen molar-refractivity contribution in [3.63, 3.8) is 0 Å². The molecule has 2 rings (SSSR count). The average molecular weight is 373 g/mol. The van der Waals surface area contributed by atoms with E-state index in [4.69, 9.17) is 33.4 Å². The van der Waals surface area contributed by atoms with E-state index < -0.39 is 18.2 Å². The number of aliphatic hydroxyl groups is 3. The van der Waals surface area contributed by atoms with Crippen molar-refractivity contribution in [2.24, 2.45) is 0 Å². The van der Waals surface area contributed by atoms with Crippen LogP contribution in [0.15, 0.2) is 48.5 Å². The number of methoxy groups -OCH3 is 1. The Morgan fingerprint density at radius 3 is 2.00 bits per heavy atom. The molecule has 0 radical (unpaired) electrons. The molecule has 2 aromatic carbocycles. The lowest BCUT2D eigenvalue weighted by atomic mass is 10.1. The maximum Gasteiger partial charge on any atom is 0.339 e. The molecule has 0 unspecified atom stereocenters. The number of hydrogen-bond acceptors (Lipinski definition) is 5. The summed E-state index contributed by atoms with van der Waals surface area (Å²) in [6.45, 7) is -0.277. The van der Waals surface area contributed by atoms with Gasteiger partial charge in [0.2, 0.25) is 0 Å². The first kappa shape index (κ1) is 20.4. The van der Waals surface area contributed by atoms with Crippen molar-refractivity contribution in [3.8, 4) is 0 Å². The number of ether oxygens (including phenoxy) is 1. The molecule has 130 valence electrons. The molecule has 0 aliphatic rings. The summed E-state index contributed by atoms with van der Waals surface area (Å²) in [4.78, 5) is 10.9. The number of esters is 1. The Bertz CT molecular complexity index is 663. The van der Waals surface area contributed by atoms with E-state index in [1.165, 1.54) is 13.2 Å². The smallest absolute Gasteiger partial charge is 0.339 e. The van der Waals surface area contributed by atoms with E-state index in [0.29, 0.717) is 21.2 Å². The predicted octanol–water partition coefficient (Wildman–Crippen LogP) is 2.91. The Kier molecular flexibility index (Phi) is 8.74. The topological polar surface area (TPSA) is 87.0 Å². The van der Waals surface area contributed by atoms with E-state index in [1.807, 2.05) is 0 Å². The Labute approximate surface area is 150 Å². The Morgan fingerprint density at radius 2 is 1.54 bits per heavy atom. The van der Waals surface area contributed by atoms with E-state index >= 15 is 0 Å². The fourth-order valence-corrected chi connectivity index (χ4v) is 2.14. The molecule has 0 spiro atoms. The van der Waals surface area contributed by atoms with Crippen LogP contribution in [-0.4, -0.2) is 35.0 Å². The molecule has 0 heterocycles. The van der Waals surface area contributed by atoms with Gasteiger partial charge in [-0.1, -0.05) is 47.5 Å². The molecule has 2 aromatic rings. The normalized spacial score (nSPS) is 12.6. The van der Waals surface area contributed by atoms with Gasteiger partial charge in [-0.2, -0.15) is 0 Å². The molecule has 0 amide bonds. The van der Waals surface area contributed by atoms with Crippen LogP contribution in [0.5, 0.6) is 0 Å². The SMILES string of the molecule is COC(=O)[C@H](O)c1cccc(Cl)c1.OC[C@H](O)c1cccc(Cl)c1. The van der Waals surface area contributed by atoms with Crippen LogP contribution in [0.4, 0.5) is 0 Å². The number of carbonyl (C=O) groups is 1. The Balaban J connectivity index is 0.000000243. The van der Waals surface area contributed by atoms with Gasteiger partial charge >= 0.3 is 5.97 Å². The summed E-state index contributed by atoms with van der Waals surface area (Å²) >= 11 is 11.3. The number of hydrogen-bond donors (Lipinski definition) is 3. The van der Waals surface area contributed by atoms with E-state index in [0.717, 1.165) is 0 Å². The molecule has 24 heavy (non-hydrogen) atoms. The van der Waals surface area contributed by atoms with Crippen molar-refractivity contribution < 1.29 is 24.9 Å². The molecule has 0 aromatic heterocycles. The summed E-state index contributed by atoms with van der Waals surface area (Å²) < 4.78 is 4.37. The van der Waals surface area contributed by atoms with Crippen molar-refractivity contribution in [3.05, 3.63) is 69.7 Å². The molecule has 5 nitrogen and oxygen atoms in total. The van der Waals surface area contributed by atoms with E-state index in [9.17, 15) is 9.90 Å². The lowest BCUT2D eigenvalue weighted by molar-refractivity contribution is -0.150. The zero-order valence-electron chi connectivity index (χ0n) is 12.9. The first-order valence-corrected chi connectivity index (χ1v) is 7.70. The highest BCUT2D eigenvalue weighted by Crippen LogP contribution is 2.18. The van der Waals surface area contributed by atoms with Gasteiger partial charge < -0.3 is 20.1 Å². The highest BCUT2D eigenvalue weighted by molar-refractivity contribution is 6.30. The fourth-order valence-electron chi connectivity index (χ4n) is 1.74. The highest BCUT2D eigenvalue weighted by Gasteiger charge is 2.17. The molecule has 0 saturated heterocycles. The van der Waals surface area contributed by atoms with E-state index in [1.54, 1.807) is 42.5 Å². The first-order valence-electron chi connectivity index (χ1n) is 6.94. The third-order valence-electron chi connectivity index (χ3n) is 3.00. The van der Waals surface area contributed by atoms with Crippen molar-refractivity contribution in [1.82, 2.24) is 0 Å². The monoisotopic (exact) mass is 372 g/mol. The van der Waals surface area contributed by atoms with Crippen LogP contribution in [0.1, 0.15) is 23.3 Å². The maximum atomic E-state index is 10.9. The van der Waals surface area contributed by atoms with Gasteiger partial charge in [-0.25, -0.2) is 4.79 Å². The van der Waals surface area contributed by atoms with E-state index in [-0.39, 0.29) is 6.61 Å². The molecule has 0 aliphatic heterocycles.